The van der Waals surface area contributed by atoms with Crippen LogP contribution in [0, 0.1) is 0 Å². The molecule has 0 N–H and O–H groups in total. The molecular formula is C11H13BrN2O2. The van der Waals surface area contributed by atoms with Crippen molar-refractivity contribution >= 4 is 21.8 Å². The van der Waals surface area contributed by atoms with Crippen LogP contribution < -0.4 is 0 Å². The van der Waals surface area contributed by atoms with Crippen LogP contribution in [0.2, 0.25) is 0 Å². The largest absolute Gasteiger partial charge is 0.375 e. The fourth-order valence-electron chi connectivity index (χ4n) is 1.72. The summed E-state index contributed by atoms with van der Waals surface area (Å²) in [6.45, 7) is 3.23. The molecule has 1 aromatic rings. The molecule has 0 atom stereocenters. The molecule has 0 radical (unpaired) electrons. The topological polar surface area (TPSA) is 42.4 Å². The lowest BCUT2D eigenvalue weighted by molar-refractivity contribution is -0.0949. The summed E-state index contributed by atoms with van der Waals surface area (Å²) in [6.07, 6.45) is 1.62. The third kappa shape index (κ3) is 2.10. The first-order valence-corrected chi connectivity index (χ1v) is 5.79. The lowest BCUT2D eigenvalue weighted by Crippen LogP contribution is -2.62. The minimum absolute atomic E-state index is 0.0455. The maximum atomic E-state index is 12.0. The molecule has 1 aromatic heterocycles. The van der Waals surface area contributed by atoms with Gasteiger partial charge in [0, 0.05) is 17.8 Å². The van der Waals surface area contributed by atoms with E-state index in [4.69, 9.17) is 4.74 Å². The summed E-state index contributed by atoms with van der Waals surface area (Å²) in [6, 6.07) is 3.52. The molecule has 0 aromatic carbocycles. The summed E-state index contributed by atoms with van der Waals surface area (Å²) >= 11 is 3.32. The normalized spacial score (nSPS) is 18.1. The maximum absolute atomic E-state index is 12.0. The van der Waals surface area contributed by atoms with Crippen LogP contribution >= 0.6 is 15.9 Å². The van der Waals surface area contributed by atoms with Crippen LogP contribution in [0.3, 0.4) is 0 Å². The molecule has 0 aliphatic carbocycles. The molecule has 16 heavy (non-hydrogen) atoms. The van der Waals surface area contributed by atoms with Crippen molar-refractivity contribution in [3.63, 3.8) is 0 Å². The Kier molecular flexibility index (Phi) is 2.99. The standard InChI is InChI=1S/C11H13BrN2O2/c1-11(16-2)6-14(7-11)10(15)9-5-8(12)3-4-13-9/h3-5H,6-7H2,1-2H3. The van der Waals surface area contributed by atoms with Gasteiger partial charge >= 0.3 is 0 Å². The minimum atomic E-state index is -0.193. The third-order valence-corrected chi connectivity index (χ3v) is 3.27. The number of amides is 1. The van der Waals surface area contributed by atoms with Gasteiger partial charge in [-0.1, -0.05) is 15.9 Å². The Morgan fingerprint density at radius 2 is 2.31 bits per heavy atom. The van der Waals surface area contributed by atoms with Gasteiger partial charge in [-0.3, -0.25) is 9.78 Å². The summed E-state index contributed by atoms with van der Waals surface area (Å²) in [5.41, 5.74) is 0.273. The molecular weight excluding hydrogens is 272 g/mol. The number of halogens is 1. The second kappa shape index (κ2) is 4.14. The van der Waals surface area contributed by atoms with Gasteiger partial charge in [0.1, 0.15) is 11.3 Å². The maximum Gasteiger partial charge on any atom is 0.272 e. The molecule has 5 heteroatoms. The number of hydrogen-bond acceptors (Lipinski definition) is 3. The number of ether oxygens (including phenoxy) is 1. The van der Waals surface area contributed by atoms with Crippen LogP contribution in [0.5, 0.6) is 0 Å². The predicted octanol–water partition coefficient (Wildman–Crippen LogP) is 1.71. The van der Waals surface area contributed by atoms with Crippen LogP contribution in [0.25, 0.3) is 0 Å². The monoisotopic (exact) mass is 284 g/mol. The summed E-state index contributed by atoms with van der Waals surface area (Å²) < 4.78 is 6.15. The highest BCUT2D eigenvalue weighted by Crippen LogP contribution is 2.25. The van der Waals surface area contributed by atoms with Crippen LogP contribution in [0.15, 0.2) is 22.8 Å². The minimum Gasteiger partial charge on any atom is -0.375 e. The number of carbonyl (C=O) groups excluding carboxylic acids is 1. The van der Waals surface area contributed by atoms with Crippen LogP contribution in [-0.2, 0) is 4.74 Å². The van der Waals surface area contributed by atoms with Crippen molar-refractivity contribution in [1.82, 2.24) is 9.88 Å². The van der Waals surface area contributed by atoms with Gasteiger partial charge in [0.15, 0.2) is 0 Å². The van der Waals surface area contributed by atoms with E-state index in [1.807, 2.05) is 6.92 Å². The molecule has 1 saturated heterocycles. The number of rotatable bonds is 2. The summed E-state index contributed by atoms with van der Waals surface area (Å²) in [5.74, 6) is -0.0455. The van der Waals surface area contributed by atoms with Crippen LogP contribution in [0.1, 0.15) is 17.4 Å². The first kappa shape index (κ1) is 11.5. The molecule has 1 aliphatic rings. The van der Waals surface area contributed by atoms with Crippen molar-refractivity contribution in [2.75, 3.05) is 20.2 Å². The molecule has 4 nitrogen and oxygen atoms in total. The molecule has 2 rings (SSSR count). The van der Waals surface area contributed by atoms with Crippen molar-refractivity contribution in [1.29, 1.82) is 0 Å². The van der Waals surface area contributed by atoms with Gasteiger partial charge in [0.2, 0.25) is 0 Å². The van der Waals surface area contributed by atoms with E-state index in [0.717, 1.165) is 4.47 Å². The lowest BCUT2D eigenvalue weighted by Gasteiger charge is -2.46. The number of carbonyl (C=O) groups is 1. The van der Waals surface area contributed by atoms with Gasteiger partial charge in [0.05, 0.1) is 13.1 Å². The zero-order valence-corrected chi connectivity index (χ0v) is 10.8. The number of likely N-dealkylation sites (tertiary alicyclic amines) is 1. The molecule has 0 bridgehead atoms. The molecule has 0 spiro atoms. The number of pyridine rings is 1. The SMILES string of the molecule is COC1(C)CN(C(=O)c2cc(Br)ccn2)C1. The van der Waals surface area contributed by atoms with E-state index in [2.05, 4.69) is 20.9 Å². The van der Waals surface area contributed by atoms with Crippen LogP contribution in [-0.4, -0.2) is 41.6 Å². The molecule has 0 saturated carbocycles. The smallest absolute Gasteiger partial charge is 0.272 e. The van der Waals surface area contributed by atoms with E-state index in [1.165, 1.54) is 0 Å². The number of aromatic nitrogens is 1. The highest BCUT2D eigenvalue weighted by atomic mass is 79.9. The van der Waals surface area contributed by atoms with E-state index in [0.29, 0.717) is 18.8 Å². The van der Waals surface area contributed by atoms with Gasteiger partial charge in [0.25, 0.3) is 5.91 Å². The second-order valence-electron chi connectivity index (χ2n) is 4.17. The number of hydrogen-bond donors (Lipinski definition) is 0. The third-order valence-electron chi connectivity index (χ3n) is 2.77. The van der Waals surface area contributed by atoms with Crippen molar-refractivity contribution in [3.05, 3.63) is 28.5 Å². The lowest BCUT2D eigenvalue weighted by atomic mass is 9.96. The van der Waals surface area contributed by atoms with Gasteiger partial charge in [-0.2, -0.15) is 0 Å². The average Bonchev–Trinajstić information content (AvgIpc) is 2.24. The molecule has 0 unspecified atom stereocenters. The van der Waals surface area contributed by atoms with Gasteiger partial charge in [-0.25, -0.2) is 0 Å². The quantitative estimate of drug-likeness (QED) is 0.830. The number of nitrogens with zero attached hydrogens (tertiary/aromatic N) is 2. The second-order valence-corrected chi connectivity index (χ2v) is 5.09. The Morgan fingerprint density at radius 1 is 1.62 bits per heavy atom. The predicted molar refractivity (Wildman–Crippen MR) is 63.3 cm³/mol. The van der Waals surface area contributed by atoms with E-state index >= 15 is 0 Å². The fourth-order valence-corrected chi connectivity index (χ4v) is 2.05. The fraction of sp³-hybridized carbons (Fsp3) is 0.455. The summed E-state index contributed by atoms with van der Waals surface area (Å²) in [7, 11) is 1.67. The Balaban J connectivity index is 2.06. The van der Waals surface area contributed by atoms with Crippen molar-refractivity contribution < 1.29 is 9.53 Å². The molecule has 2 heterocycles. The summed E-state index contributed by atoms with van der Waals surface area (Å²) in [5, 5.41) is 0. The molecule has 86 valence electrons. The Bertz CT molecular complexity index is 416. The van der Waals surface area contributed by atoms with Crippen molar-refractivity contribution in [2.45, 2.75) is 12.5 Å². The van der Waals surface area contributed by atoms with E-state index in [1.54, 1.807) is 30.3 Å². The van der Waals surface area contributed by atoms with Crippen molar-refractivity contribution in [3.8, 4) is 0 Å². The molecule has 1 aliphatic heterocycles. The zero-order chi connectivity index (χ0) is 11.8. The van der Waals surface area contributed by atoms with E-state index < -0.39 is 0 Å². The Morgan fingerprint density at radius 3 is 2.88 bits per heavy atom. The van der Waals surface area contributed by atoms with Gasteiger partial charge < -0.3 is 9.64 Å². The van der Waals surface area contributed by atoms with Gasteiger partial charge in [-0.05, 0) is 19.1 Å². The number of methoxy groups -OCH3 is 1. The average molecular weight is 285 g/mol. The summed E-state index contributed by atoms with van der Waals surface area (Å²) in [4.78, 5) is 17.8. The highest BCUT2D eigenvalue weighted by Gasteiger charge is 2.41. The molecule has 1 fully saturated rings. The highest BCUT2D eigenvalue weighted by molar-refractivity contribution is 9.10. The first-order valence-electron chi connectivity index (χ1n) is 5.00. The zero-order valence-electron chi connectivity index (χ0n) is 9.24. The van der Waals surface area contributed by atoms with Crippen LogP contribution in [0.4, 0.5) is 0 Å². The Hall–Kier alpha value is -0.940. The van der Waals surface area contributed by atoms with E-state index in [-0.39, 0.29) is 11.5 Å². The first-order chi connectivity index (χ1) is 7.54. The molecule has 1 amide bonds. The van der Waals surface area contributed by atoms with Gasteiger partial charge in [-0.15, -0.1) is 0 Å². The van der Waals surface area contributed by atoms with E-state index in [9.17, 15) is 4.79 Å². The Labute approximate surface area is 103 Å². The van der Waals surface area contributed by atoms with Crippen molar-refractivity contribution in [2.24, 2.45) is 0 Å².